The average molecular weight is 366 g/mol. The largest absolute Gasteiger partial charge is 3.00 e. The summed E-state index contributed by atoms with van der Waals surface area (Å²) in [6.45, 7) is 13.2. The molecule has 3 aliphatic rings. The Labute approximate surface area is 175 Å². The van der Waals surface area contributed by atoms with Crippen LogP contribution in [0.4, 0.5) is 0 Å². The van der Waals surface area contributed by atoms with Crippen LogP contribution in [0, 0.1) is 36.0 Å². The molecule has 0 nitrogen and oxygen atoms in total. The molecule has 3 aliphatic carbocycles. The molecule has 0 saturated heterocycles. The van der Waals surface area contributed by atoms with Crippen LogP contribution in [0.3, 0.4) is 0 Å². The van der Waals surface area contributed by atoms with E-state index in [1.54, 1.807) is 0 Å². The van der Waals surface area contributed by atoms with E-state index in [0.717, 1.165) is 19.3 Å². The minimum absolute atomic E-state index is 0. The summed E-state index contributed by atoms with van der Waals surface area (Å²) in [4.78, 5) is 0. The second-order valence-electron chi connectivity index (χ2n) is 7.18. The topological polar surface area (TPSA) is 0 Å². The van der Waals surface area contributed by atoms with Gasteiger partial charge < -0.3 is 0 Å². The zero-order chi connectivity index (χ0) is 17.9. The summed E-state index contributed by atoms with van der Waals surface area (Å²) in [5.41, 5.74) is 4.10. The van der Waals surface area contributed by atoms with Gasteiger partial charge in [-0.2, -0.15) is 18.2 Å². The zero-order valence-electron chi connectivity index (χ0n) is 16.9. The Morgan fingerprint density at radius 3 is 0.880 bits per heavy atom. The molecule has 0 fully saturated rings. The van der Waals surface area contributed by atoms with Crippen molar-refractivity contribution in [3.8, 4) is 0 Å². The van der Waals surface area contributed by atoms with Crippen molar-refractivity contribution in [1.29, 1.82) is 0 Å². The zero-order valence-corrected chi connectivity index (χ0v) is 18.7. The van der Waals surface area contributed by atoms with E-state index in [1.807, 2.05) is 0 Å². The van der Waals surface area contributed by atoms with E-state index < -0.39 is 0 Å². The fourth-order valence-corrected chi connectivity index (χ4v) is 2.45. The van der Waals surface area contributed by atoms with E-state index in [-0.39, 0.29) is 25.8 Å². The fourth-order valence-electron chi connectivity index (χ4n) is 2.45. The molecule has 0 atom stereocenters. The van der Waals surface area contributed by atoms with Gasteiger partial charge in [-0.1, -0.05) is 59.3 Å². The van der Waals surface area contributed by atoms with Gasteiger partial charge >= 0.3 is 25.8 Å². The van der Waals surface area contributed by atoms with Crippen molar-refractivity contribution in [2.24, 2.45) is 17.8 Å². The maximum Gasteiger partial charge on any atom is 3.00 e. The fraction of sp³-hybridized carbons (Fsp3) is 0.500. The van der Waals surface area contributed by atoms with Crippen molar-refractivity contribution < 1.29 is 25.8 Å². The third-order valence-electron chi connectivity index (χ3n) is 4.03. The first-order chi connectivity index (χ1) is 11.4. The normalized spacial score (nSPS) is 16.9. The molecule has 0 aliphatic heterocycles. The van der Waals surface area contributed by atoms with E-state index in [0.29, 0.717) is 17.8 Å². The van der Waals surface area contributed by atoms with Gasteiger partial charge in [0, 0.05) is 0 Å². The quantitative estimate of drug-likeness (QED) is 0.472. The Kier molecular flexibility index (Phi) is 13.1. The van der Waals surface area contributed by atoms with Crippen molar-refractivity contribution in [1.82, 2.24) is 0 Å². The van der Waals surface area contributed by atoms with E-state index in [9.17, 15) is 0 Å². The molecule has 0 radical (unpaired) electrons. The first-order valence-corrected chi connectivity index (χ1v) is 9.23. The van der Waals surface area contributed by atoms with Crippen molar-refractivity contribution in [2.45, 2.75) is 60.8 Å². The molecule has 0 spiro atoms. The Bertz CT molecular complexity index is 468. The van der Waals surface area contributed by atoms with Crippen LogP contribution in [-0.2, 0) is 25.8 Å². The Morgan fingerprint density at radius 2 is 0.800 bits per heavy atom. The summed E-state index contributed by atoms with van der Waals surface area (Å²) in [5.74, 6) is 1.98. The van der Waals surface area contributed by atoms with Gasteiger partial charge in [0.15, 0.2) is 0 Å². The SMILES string of the molecule is CC(C)C1=[C-]CC=C1.CC(C)C1=[C-]CC=C1.CC(C)C1=[C-]CC=C1.[Sc+3]. The molecule has 25 heavy (non-hydrogen) atoms. The van der Waals surface area contributed by atoms with Gasteiger partial charge in [0.2, 0.25) is 0 Å². The van der Waals surface area contributed by atoms with Gasteiger partial charge in [0.25, 0.3) is 0 Å². The third-order valence-corrected chi connectivity index (χ3v) is 4.03. The van der Waals surface area contributed by atoms with Crippen LogP contribution >= 0.6 is 0 Å². The maximum absolute atomic E-state index is 3.26. The van der Waals surface area contributed by atoms with E-state index in [1.165, 1.54) is 16.7 Å². The van der Waals surface area contributed by atoms with Crippen LogP contribution in [0.25, 0.3) is 0 Å². The summed E-state index contributed by atoms with van der Waals surface area (Å²) >= 11 is 0. The monoisotopic (exact) mass is 366 g/mol. The van der Waals surface area contributed by atoms with Crippen LogP contribution in [0.15, 0.2) is 53.2 Å². The first-order valence-electron chi connectivity index (χ1n) is 9.23. The molecule has 0 aromatic heterocycles. The van der Waals surface area contributed by atoms with Crippen molar-refractivity contribution in [3.05, 3.63) is 71.4 Å². The van der Waals surface area contributed by atoms with Crippen LogP contribution in [0.5, 0.6) is 0 Å². The summed E-state index contributed by atoms with van der Waals surface area (Å²) in [6.07, 6.45) is 25.8. The Balaban J connectivity index is 0.000000339. The van der Waals surface area contributed by atoms with E-state index >= 15 is 0 Å². The van der Waals surface area contributed by atoms with Gasteiger partial charge in [-0.15, -0.1) is 19.3 Å². The molecule has 0 heterocycles. The number of rotatable bonds is 3. The van der Waals surface area contributed by atoms with Crippen molar-refractivity contribution in [2.75, 3.05) is 0 Å². The average Bonchev–Trinajstić information content (AvgIpc) is 3.29. The molecule has 0 bridgehead atoms. The smallest absolute Gasteiger partial charge is 0.269 e. The summed E-state index contributed by atoms with van der Waals surface area (Å²) in [5, 5.41) is 0. The standard InChI is InChI=1S/3C8H11.Sc/c3*1-7(2)8-5-3-4-6-8;/h3*3,5,7H,4H2,1-2H3;/q3*-1;+3. The molecule has 0 unspecified atom stereocenters. The van der Waals surface area contributed by atoms with Crippen LogP contribution in [-0.4, -0.2) is 0 Å². The van der Waals surface area contributed by atoms with Crippen LogP contribution < -0.4 is 0 Å². The van der Waals surface area contributed by atoms with Crippen LogP contribution in [0.2, 0.25) is 0 Å². The molecule has 0 amide bonds. The van der Waals surface area contributed by atoms with Gasteiger partial charge in [-0.25, -0.2) is 34.9 Å². The van der Waals surface area contributed by atoms with Gasteiger partial charge in [0.05, 0.1) is 0 Å². The second-order valence-corrected chi connectivity index (χ2v) is 7.18. The third kappa shape index (κ3) is 10.1. The molecular formula is C24H33Sc. The van der Waals surface area contributed by atoms with Gasteiger partial charge in [-0.3, -0.25) is 18.2 Å². The molecule has 0 N–H and O–H groups in total. The van der Waals surface area contributed by atoms with Gasteiger partial charge in [0.1, 0.15) is 0 Å². The number of allylic oxidation sites excluding steroid dienone is 12. The predicted octanol–water partition coefficient (Wildman–Crippen LogP) is 6.99. The molecule has 0 saturated carbocycles. The minimum Gasteiger partial charge on any atom is -0.269 e. The molecule has 3 rings (SSSR count). The van der Waals surface area contributed by atoms with Crippen LogP contribution in [0.1, 0.15) is 60.8 Å². The van der Waals surface area contributed by atoms with E-state index in [4.69, 9.17) is 0 Å². The predicted molar refractivity (Wildman–Crippen MR) is 106 cm³/mol. The number of hydrogen-bond acceptors (Lipinski definition) is 0. The Morgan fingerprint density at radius 1 is 0.560 bits per heavy atom. The minimum atomic E-state index is 0. The molecule has 0 aromatic carbocycles. The Hall–Kier alpha value is -0.690. The van der Waals surface area contributed by atoms with Crippen molar-refractivity contribution >= 4 is 0 Å². The molecule has 0 aromatic rings. The van der Waals surface area contributed by atoms with Gasteiger partial charge in [-0.05, 0) is 0 Å². The first kappa shape index (κ1) is 24.3. The summed E-state index contributed by atoms with van der Waals surface area (Å²) in [6, 6.07) is 0. The summed E-state index contributed by atoms with van der Waals surface area (Å²) in [7, 11) is 0. The number of hydrogen-bond donors (Lipinski definition) is 0. The summed E-state index contributed by atoms with van der Waals surface area (Å²) < 4.78 is 0. The van der Waals surface area contributed by atoms with Crippen molar-refractivity contribution in [3.63, 3.8) is 0 Å². The molecular weight excluding hydrogens is 333 g/mol. The molecule has 1 heteroatoms. The maximum atomic E-state index is 3.26. The van der Waals surface area contributed by atoms with E-state index in [2.05, 4.69) is 96.2 Å². The molecule has 132 valence electrons. The second kappa shape index (κ2) is 13.5.